The van der Waals surface area contributed by atoms with E-state index in [4.69, 9.17) is 16.7 Å². The number of imidazole rings is 1. The zero-order valence-corrected chi connectivity index (χ0v) is 17.1. The number of nitrogens with one attached hydrogen (secondary N) is 1. The topological polar surface area (TPSA) is 120 Å². The highest BCUT2D eigenvalue weighted by Gasteiger charge is 2.19. The molecule has 152 valence electrons. The number of hydrogen-bond acceptors (Lipinski definition) is 5. The van der Waals surface area contributed by atoms with Gasteiger partial charge in [-0.25, -0.2) is 18.5 Å². The number of anilines is 1. The van der Waals surface area contributed by atoms with Gasteiger partial charge in [0.25, 0.3) is 0 Å². The summed E-state index contributed by atoms with van der Waals surface area (Å²) in [6.45, 7) is 0. The van der Waals surface area contributed by atoms with E-state index < -0.39 is 10.0 Å². The van der Waals surface area contributed by atoms with E-state index in [0.717, 1.165) is 0 Å². The van der Waals surface area contributed by atoms with Crippen LogP contribution in [0.1, 0.15) is 5.56 Å². The van der Waals surface area contributed by atoms with E-state index in [1.54, 1.807) is 59.4 Å². The van der Waals surface area contributed by atoms with Crippen molar-refractivity contribution in [2.45, 2.75) is 11.3 Å². The number of pyridine rings is 1. The minimum Gasteiger partial charge on any atom is -0.326 e. The second-order valence-electron chi connectivity index (χ2n) is 6.52. The van der Waals surface area contributed by atoms with E-state index in [-0.39, 0.29) is 17.2 Å². The lowest BCUT2D eigenvalue weighted by Gasteiger charge is -2.13. The van der Waals surface area contributed by atoms with E-state index in [2.05, 4.69) is 15.3 Å². The molecule has 0 aliphatic rings. The molecule has 2 aromatic carbocycles. The first-order valence-corrected chi connectivity index (χ1v) is 10.7. The lowest BCUT2D eigenvalue weighted by atomic mass is 10.1. The van der Waals surface area contributed by atoms with E-state index in [1.165, 1.54) is 12.4 Å². The smallest absolute Gasteiger partial charge is 0.240 e. The Bertz CT molecular complexity index is 1370. The van der Waals surface area contributed by atoms with E-state index in [9.17, 15) is 13.2 Å². The third kappa shape index (κ3) is 4.04. The van der Waals surface area contributed by atoms with Crippen LogP contribution in [-0.4, -0.2) is 28.9 Å². The molecule has 0 aliphatic carbocycles. The molecule has 0 radical (unpaired) electrons. The molecule has 0 bridgehead atoms. The Hall–Kier alpha value is -3.27. The molecule has 2 aromatic heterocycles. The molecule has 0 saturated heterocycles. The molecule has 4 rings (SSSR count). The summed E-state index contributed by atoms with van der Waals surface area (Å²) in [6.07, 6.45) is 4.71. The van der Waals surface area contributed by atoms with Crippen LogP contribution in [0.25, 0.3) is 16.7 Å². The third-order valence-corrected chi connectivity index (χ3v) is 5.78. The summed E-state index contributed by atoms with van der Waals surface area (Å²) in [5, 5.41) is 8.61. The Morgan fingerprint density at radius 1 is 1.17 bits per heavy atom. The number of nitrogens with two attached hydrogens (primary N) is 1. The van der Waals surface area contributed by atoms with Crippen molar-refractivity contribution in [3.05, 3.63) is 77.8 Å². The molecule has 3 N–H and O–H groups in total. The minimum atomic E-state index is -4.09. The lowest BCUT2D eigenvalue weighted by Crippen LogP contribution is -2.18. The van der Waals surface area contributed by atoms with Gasteiger partial charge in [-0.1, -0.05) is 29.8 Å². The number of nitrogens with zero attached hydrogens (tertiary/aromatic N) is 3. The van der Waals surface area contributed by atoms with E-state index in [1.807, 2.05) is 0 Å². The minimum absolute atomic E-state index is 0.0456. The molecule has 2 heterocycles. The Balaban J connectivity index is 1.69. The number of carbonyl (C=O) groups is 1. The van der Waals surface area contributed by atoms with Crippen LogP contribution in [0.3, 0.4) is 0 Å². The number of rotatable bonds is 5. The summed E-state index contributed by atoms with van der Waals surface area (Å²) in [5.74, 6) is -0.339. The van der Waals surface area contributed by atoms with Crippen LogP contribution < -0.4 is 10.5 Å². The highest BCUT2D eigenvalue weighted by Crippen LogP contribution is 2.26. The van der Waals surface area contributed by atoms with Crippen molar-refractivity contribution in [2.75, 3.05) is 5.32 Å². The van der Waals surface area contributed by atoms with Gasteiger partial charge in [-0.2, -0.15) is 0 Å². The van der Waals surface area contributed by atoms with Crippen molar-refractivity contribution in [3.63, 3.8) is 0 Å². The van der Waals surface area contributed by atoms with Gasteiger partial charge in [-0.3, -0.25) is 14.3 Å². The number of primary sulfonamides is 1. The number of halogens is 1. The van der Waals surface area contributed by atoms with Crippen LogP contribution in [-0.2, 0) is 21.2 Å². The molecule has 0 unspecified atom stereocenters. The first-order valence-electron chi connectivity index (χ1n) is 8.80. The summed E-state index contributed by atoms with van der Waals surface area (Å²) in [5.41, 5.74) is 2.54. The molecular weight excluding hydrogens is 426 g/mol. The molecule has 0 fully saturated rings. The first-order chi connectivity index (χ1) is 14.3. The van der Waals surface area contributed by atoms with Gasteiger partial charge in [0.1, 0.15) is 11.2 Å². The SMILES string of the molecule is NS(=O)(=O)c1cc(NC(=O)Cc2ccccc2Cl)ccc1-n1cnc2ccncc21. The van der Waals surface area contributed by atoms with Crippen molar-refractivity contribution in [1.82, 2.24) is 14.5 Å². The Morgan fingerprint density at radius 3 is 2.73 bits per heavy atom. The largest absolute Gasteiger partial charge is 0.326 e. The van der Waals surface area contributed by atoms with Crippen molar-refractivity contribution >= 4 is 44.3 Å². The van der Waals surface area contributed by atoms with E-state index >= 15 is 0 Å². The molecule has 4 aromatic rings. The monoisotopic (exact) mass is 441 g/mol. The van der Waals surface area contributed by atoms with Crippen LogP contribution in [0.4, 0.5) is 5.69 Å². The molecule has 0 spiro atoms. The van der Waals surface area contributed by atoms with Gasteiger partial charge in [0, 0.05) is 16.9 Å². The maximum absolute atomic E-state index is 12.4. The van der Waals surface area contributed by atoms with Gasteiger partial charge in [0.05, 0.1) is 29.3 Å². The summed E-state index contributed by atoms with van der Waals surface area (Å²) < 4.78 is 26.1. The van der Waals surface area contributed by atoms with Crippen molar-refractivity contribution in [2.24, 2.45) is 5.14 Å². The average molecular weight is 442 g/mol. The third-order valence-electron chi connectivity index (χ3n) is 4.47. The summed E-state index contributed by atoms with van der Waals surface area (Å²) in [4.78, 5) is 20.6. The molecule has 10 heteroatoms. The van der Waals surface area contributed by atoms with E-state index in [0.29, 0.717) is 33.0 Å². The lowest BCUT2D eigenvalue weighted by molar-refractivity contribution is -0.115. The van der Waals surface area contributed by atoms with Crippen molar-refractivity contribution in [1.29, 1.82) is 0 Å². The van der Waals surface area contributed by atoms with Crippen molar-refractivity contribution in [3.8, 4) is 5.69 Å². The van der Waals surface area contributed by atoms with Gasteiger partial charge < -0.3 is 5.32 Å². The molecule has 30 heavy (non-hydrogen) atoms. The average Bonchev–Trinajstić information content (AvgIpc) is 3.13. The number of aromatic nitrogens is 3. The van der Waals surface area contributed by atoms with Gasteiger partial charge in [-0.15, -0.1) is 0 Å². The summed E-state index contributed by atoms with van der Waals surface area (Å²) >= 11 is 6.09. The highest BCUT2D eigenvalue weighted by atomic mass is 35.5. The maximum atomic E-state index is 12.4. The molecule has 0 atom stereocenters. The quantitative estimate of drug-likeness (QED) is 0.493. The fourth-order valence-corrected chi connectivity index (χ4v) is 4.04. The fourth-order valence-electron chi connectivity index (χ4n) is 3.09. The zero-order chi connectivity index (χ0) is 21.3. The molecule has 0 saturated carbocycles. The normalized spacial score (nSPS) is 11.5. The second kappa shape index (κ2) is 7.86. The number of sulfonamides is 1. The number of benzene rings is 2. The second-order valence-corrected chi connectivity index (χ2v) is 8.46. The predicted molar refractivity (Wildman–Crippen MR) is 114 cm³/mol. The van der Waals surface area contributed by atoms with Crippen LogP contribution >= 0.6 is 11.6 Å². The number of amides is 1. The standard InChI is InChI=1S/C20H16ClN5O3S/c21-15-4-2-1-3-13(15)9-20(27)25-14-5-6-17(19(10-14)30(22,28)29)26-12-24-16-7-8-23-11-18(16)26/h1-8,10-12H,9H2,(H,25,27)(H2,22,28,29). The molecular formula is C20H16ClN5O3S. The Morgan fingerprint density at radius 2 is 1.97 bits per heavy atom. The Labute approximate surface area is 177 Å². The molecule has 8 nitrogen and oxygen atoms in total. The molecule has 1 amide bonds. The zero-order valence-electron chi connectivity index (χ0n) is 15.5. The van der Waals surface area contributed by atoms with Crippen molar-refractivity contribution < 1.29 is 13.2 Å². The highest BCUT2D eigenvalue weighted by molar-refractivity contribution is 7.89. The van der Waals surface area contributed by atoms with Crippen LogP contribution in [0.5, 0.6) is 0 Å². The van der Waals surface area contributed by atoms with Gasteiger partial charge in [-0.05, 0) is 35.9 Å². The first kappa shape index (κ1) is 20.0. The number of fused-ring (bicyclic) bond motifs is 1. The number of hydrogen-bond donors (Lipinski definition) is 2. The van der Waals surface area contributed by atoms with Crippen LogP contribution in [0, 0.1) is 0 Å². The summed E-state index contributed by atoms with van der Waals surface area (Å²) in [7, 11) is -4.09. The maximum Gasteiger partial charge on any atom is 0.240 e. The Kier molecular flexibility index (Phi) is 5.25. The predicted octanol–water partition coefficient (Wildman–Crippen LogP) is 2.90. The van der Waals surface area contributed by atoms with Gasteiger partial charge >= 0.3 is 0 Å². The number of carbonyl (C=O) groups excluding carboxylic acids is 1. The van der Waals surface area contributed by atoms with Crippen LogP contribution in [0.2, 0.25) is 5.02 Å². The summed E-state index contributed by atoms with van der Waals surface area (Å²) in [6, 6.07) is 13.2. The van der Waals surface area contributed by atoms with Crippen LogP contribution in [0.15, 0.2) is 72.1 Å². The van der Waals surface area contributed by atoms with Gasteiger partial charge in [0.2, 0.25) is 15.9 Å². The molecule has 0 aliphatic heterocycles. The van der Waals surface area contributed by atoms with Gasteiger partial charge in [0.15, 0.2) is 0 Å². The fraction of sp³-hybridized carbons (Fsp3) is 0.0500.